The fraction of sp³-hybridized carbons (Fsp3) is 0.417. The highest BCUT2D eigenvalue weighted by atomic mass is 35.5. The van der Waals surface area contributed by atoms with Crippen molar-refractivity contribution in [1.82, 2.24) is 5.32 Å². The quantitative estimate of drug-likeness (QED) is 0.766. The number of nitrogens with two attached hydrogens (primary N) is 1. The van der Waals surface area contributed by atoms with Crippen molar-refractivity contribution < 1.29 is 14.3 Å². The van der Waals surface area contributed by atoms with Gasteiger partial charge < -0.3 is 20.5 Å². The van der Waals surface area contributed by atoms with E-state index < -0.39 is 0 Å². The molecule has 3 N–H and O–H groups in total. The fourth-order valence-corrected chi connectivity index (χ4v) is 1.63. The molecule has 1 unspecified atom stereocenters. The van der Waals surface area contributed by atoms with E-state index in [1.165, 1.54) is 0 Å². The first-order valence-electron chi connectivity index (χ1n) is 5.44. The molecule has 1 aromatic carbocycles. The summed E-state index contributed by atoms with van der Waals surface area (Å²) in [5.74, 6) is -0.287. The second kappa shape index (κ2) is 7.20. The molecule has 18 heavy (non-hydrogen) atoms. The summed E-state index contributed by atoms with van der Waals surface area (Å²) in [6.07, 6.45) is -0.196. The second-order valence-corrected chi connectivity index (χ2v) is 4.11. The summed E-state index contributed by atoms with van der Waals surface area (Å²) in [5, 5.41) is 2.98. The third kappa shape index (κ3) is 3.87. The van der Waals surface area contributed by atoms with Crippen LogP contribution in [0, 0.1) is 0 Å². The van der Waals surface area contributed by atoms with Gasteiger partial charge in [0.15, 0.2) is 0 Å². The number of ether oxygens (including phenoxy) is 2. The minimum Gasteiger partial charge on any atom is -0.398 e. The molecule has 0 aromatic heterocycles. The maximum Gasteiger partial charge on any atom is 0.252 e. The first kappa shape index (κ1) is 14.8. The van der Waals surface area contributed by atoms with Gasteiger partial charge in [0.05, 0.1) is 29.0 Å². The SMILES string of the molecule is COCC(CNC(=O)c1cccc(N)c1Cl)OC. The summed E-state index contributed by atoms with van der Waals surface area (Å²) < 4.78 is 10.1. The molecule has 0 saturated carbocycles. The first-order valence-corrected chi connectivity index (χ1v) is 5.81. The zero-order valence-electron chi connectivity index (χ0n) is 10.4. The number of amides is 1. The average molecular weight is 273 g/mol. The van der Waals surface area contributed by atoms with E-state index in [1.807, 2.05) is 0 Å². The third-order valence-electron chi connectivity index (χ3n) is 2.45. The van der Waals surface area contributed by atoms with Gasteiger partial charge in [-0.1, -0.05) is 17.7 Å². The van der Waals surface area contributed by atoms with E-state index in [-0.39, 0.29) is 17.0 Å². The first-order chi connectivity index (χ1) is 8.60. The lowest BCUT2D eigenvalue weighted by Crippen LogP contribution is -2.35. The van der Waals surface area contributed by atoms with E-state index in [4.69, 9.17) is 26.8 Å². The number of halogens is 1. The summed E-state index contributed by atoms with van der Waals surface area (Å²) >= 11 is 5.96. The number of benzene rings is 1. The van der Waals surface area contributed by atoms with Crippen LogP contribution in [0.4, 0.5) is 5.69 Å². The lowest BCUT2D eigenvalue weighted by Gasteiger charge is -2.15. The Bertz CT molecular complexity index is 412. The Labute approximate surface area is 111 Å². The van der Waals surface area contributed by atoms with E-state index in [0.717, 1.165) is 0 Å². The van der Waals surface area contributed by atoms with Gasteiger partial charge in [-0.05, 0) is 12.1 Å². The van der Waals surface area contributed by atoms with Gasteiger partial charge in [0.1, 0.15) is 0 Å². The third-order valence-corrected chi connectivity index (χ3v) is 2.87. The number of nitrogen functional groups attached to an aromatic ring is 1. The van der Waals surface area contributed by atoms with Crippen LogP contribution in [0.3, 0.4) is 0 Å². The van der Waals surface area contributed by atoms with Crippen LogP contribution < -0.4 is 11.1 Å². The molecular weight excluding hydrogens is 256 g/mol. The molecule has 5 nitrogen and oxygen atoms in total. The Morgan fingerprint density at radius 2 is 2.22 bits per heavy atom. The number of hydrogen-bond donors (Lipinski definition) is 2. The lowest BCUT2D eigenvalue weighted by atomic mass is 10.2. The number of rotatable bonds is 6. The van der Waals surface area contributed by atoms with Gasteiger partial charge in [0.25, 0.3) is 5.91 Å². The van der Waals surface area contributed by atoms with E-state index in [2.05, 4.69) is 5.32 Å². The van der Waals surface area contributed by atoms with Crippen molar-refractivity contribution in [3.63, 3.8) is 0 Å². The van der Waals surface area contributed by atoms with Gasteiger partial charge in [-0.2, -0.15) is 0 Å². The predicted molar refractivity (Wildman–Crippen MR) is 70.9 cm³/mol. The Balaban J connectivity index is 2.62. The van der Waals surface area contributed by atoms with Crippen molar-refractivity contribution in [2.75, 3.05) is 33.1 Å². The van der Waals surface area contributed by atoms with Crippen LogP contribution in [0.2, 0.25) is 5.02 Å². The van der Waals surface area contributed by atoms with Gasteiger partial charge in [0.2, 0.25) is 0 Å². The van der Waals surface area contributed by atoms with Crippen LogP contribution >= 0.6 is 11.6 Å². The van der Waals surface area contributed by atoms with E-state index in [1.54, 1.807) is 32.4 Å². The van der Waals surface area contributed by atoms with Gasteiger partial charge in [-0.3, -0.25) is 4.79 Å². The summed E-state index contributed by atoms with van der Waals surface area (Å²) in [6, 6.07) is 4.94. The highest BCUT2D eigenvalue weighted by Crippen LogP contribution is 2.22. The van der Waals surface area contributed by atoms with Gasteiger partial charge in [0, 0.05) is 20.8 Å². The van der Waals surface area contributed by atoms with E-state index in [9.17, 15) is 4.79 Å². The predicted octanol–water partition coefficient (Wildman–Crippen LogP) is 1.31. The van der Waals surface area contributed by atoms with Gasteiger partial charge >= 0.3 is 0 Å². The highest BCUT2D eigenvalue weighted by molar-refractivity contribution is 6.36. The van der Waals surface area contributed by atoms with Crippen LogP contribution in [0.25, 0.3) is 0 Å². The Morgan fingerprint density at radius 3 is 2.83 bits per heavy atom. The van der Waals surface area contributed by atoms with Crippen LogP contribution in [0.15, 0.2) is 18.2 Å². The number of carbonyl (C=O) groups is 1. The standard InChI is InChI=1S/C12H17ClN2O3/c1-17-7-8(18-2)6-15-12(16)9-4-3-5-10(14)11(9)13/h3-5,8H,6-7,14H2,1-2H3,(H,15,16). The zero-order chi connectivity index (χ0) is 13.5. The molecule has 6 heteroatoms. The smallest absolute Gasteiger partial charge is 0.252 e. The van der Waals surface area contributed by atoms with E-state index in [0.29, 0.717) is 24.4 Å². The highest BCUT2D eigenvalue weighted by Gasteiger charge is 2.14. The molecule has 0 aliphatic heterocycles. The molecule has 0 saturated heterocycles. The van der Waals surface area contributed by atoms with Crippen LogP contribution in [0.1, 0.15) is 10.4 Å². The number of carbonyl (C=O) groups excluding carboxylic acids is 1. The van der Waals surface area contributed by atoms with Crippen molar-refractivity contribution >= 4 is 23.2 Å². The Hall–Kier alpha value is -1.30. The maximum atomic E-state index is 11.9. The molecule has 0 radical (unpaired) electrons. The molecule has 100 valence electrons. The summed E-state index contributed by atoms with van der Waals surface area (Å²) in [6.45, 7) is 0.746. The van der Waals surface area contributed by atoms with Gasteiger partial charge in [-0.25, -0.2) is 0 Å². The molecule has 0 spiro atoms. The number of hydrogen-bond acceptors (Lipinski definition) is 4. The topological polar surface area (TPSA) is 73.6 Å². The number of methoxy groups -OCH3 is 2. The monoisotopic (exact) mass is 272 g/mol. The van der Waals surface area contributed by atoms with E-state index >= 15 is 0 Å². The maximum absolute atomic E-state index is 11.9. The zero-order valence-corrected chi connectivity index (χ0v) is 11.2. The summed E-state index contributed by atoms with van der Waals surface area (Å²) in [5.41, 5.74) is 6.36. The summed E-state index contributed by atoms with van der Waals surface area (Å²) in [4.78, 5) is 11.9. The van der Waals surface area contributed by atoms with Crippen molar-refractivity contribution in [3.8, 4) is 0 Å². The van der Waals surface area contributed by atoms with Crippen LogP contribution in [-0.4, -0.2) is 39.4 Å². The van der Waals surface area contributed by atoms with Crippen molar-refractivity contribution in [3.05, 3.63) is 28.8 Å². The Morgan fingerprint density at radius 1 is 1.50 bits per heavy atom. The molecule has 1 amide bonds. The molecule has 0 bridgehead atoms. The lowest BCUT2D eigenvalue weighted by molar-refractivity contribution is 0.0285. The van der Waals surface area contributed by atoms with Crippen LogP contribution in [-0.2, 0) is 9.47 Å². The molecule has 0 aliphatic rings. The normalized spacial score (nSPS) is 12.2. The fourth-order valence-electron chi connectivity index (χ4n) is 1.42. The molecule has 0 aliphatic carbocycles. The molecular formula is C12H17ClN2O3. The number of nitrogens with one attached hydrogen (secondary N) is 1. The largest absolute Gasteiger partial charge is 0.398 e. The molecule has 1 atom stereocenters. The molecule has 1 rings (SSSR count). The molecule has 0 heterocycles. The molecule has 1 aromatic rings. The van der Waals surface area contributed by atoms with Crippen molar-refractivity contribution in [2.45, 2.75) is 6.10 Å². The van der Waals surface area contributed by atoms with Crippen molar-refractivity contribution in [2.24, 2.45) is 0 Å². The minimum absolute atomic E-state index is 0.196. The van der Waals surface area contributed by atoms with Crippen LogP contribution in [0.5, 0.6) is 0 Å². The van der Waals surface area contributed by atoms with Gasteiger partial charge in [-0.15, -0.1) is 0 Å². The van der Waals surface area contributed by atoms with Crippen molar-refractivity contribution in [1.29, 1.82) is 0 Å². The number of anilines is 1. The Kier molecular flexibility index (Phi) is 5.91. The second-order valence-electron chi connectivity index (χ2n) is 3.73. The average Bonchev–Trinajstić information content (AvgIpc) is 2.37. The summed E-state index contributed by atoms with van der Waals surface area (Å²) in [7, 11) is 3.13. The minimum atomic E-state index is -0.287. The molecule has 0 fully saturated rings.